The molecule has 0 saturated carbocycles. The summed E-state index contributed by atoms with van der Waals surface area (Å²) in [6.45, 7) is 4.71. The van der Waals surface area contributed by atoms with Gasteiger partial charge >= 0.3 is 0 Å². The van der Waals surface area contributed by atoms with Crippen molar-refractivity contribution in [2.45, 2.75) is 50.3 Å². The largest absolute Gasteiger partial charge is 0.367 e. The van der Waals surface area contributed by atoms with Gasteiger partial charge < -0.3 is 25.3 Å². The number of H-pyrrole nitrogens is 1. The number of aromatic amines is 1. The topological polar surface area (TPSA) is 104 Å². The highest BCUT2D eigenvalue weighted by Crippen LogP contribution is 2.30. The molecule has 2 aromatic rings. The molecule has 178 valence electrons. The molecule has 1 aromatic carbocycles. The molecule has 2 amide bonds. The van der Waals surface area contributed by atoms with Crippen molar-refractivity contribution >= 4 is 17.6 Å². The number of aromatic nitrogens is 1. The maximum atomic E-state index is 13.5. The molecule has 0 spiro atoms. The molecule has 1 saturated heterocycles. The first-order chi connectivity index (χ1) is 15.6. The number of hydrogen-bond donors (Lipinski definition) is 3. The van der Waals surface area contributed by atoms with Crippen LogP contribution < -0.4 is 10.6 Å². The number of nitrogens with zero attached hydrogens (tertiary/aromatic N) is 1. The summed E-state index contributed by atoms with van der Waals surface area (Å²) in [6, 6.07) is 10.7. The first-order valence-corrected chi connectivity index (χ1v) is 11.2. The van der Waals surface area contributed by atoms with Gasteiger partial charge in [-0.2, -0.15) is 0 Å². The molecule has 1 fully saturated rings. The molecular formula is C25H34N4O4. The number of Topliss-reactive ketones (excluding diaryl/α,β-unsaturated/α-hetero) is 1. The zero-order valence-electron chi connectivity index (χ0n) is 19.8. The average Bonchev–Trinajstić information content (AvgIpc) is 3.43. The molecule has 0 aliphatic carbocycles. The lowest BCUT2D eigenvalue weighted by molar-refractivity contribution is -0.133. The standard InChI is InChI=1S/C25H34N4O4/c1-24(2,19-8-6-5-7-9-19)15-21(27-22(31)18-10-12-26-16-18)23(32)28-25(11-13-29(3)4)14-20(30)17-33-25/h5-10,12,16,21,26H,11,13-15,17H2,1-4H3,(H,27,31)(H,28,32)/t21-,25?/m0/s1. The normalized spacial score (nSPS) is 19.5. The smallest absolute Gasteiger partial charge is 0.253 e. The van der Waals surface area contributed by atoms with Crippen LogP contribution in [0.1, 0.15) is 49.0 Å². The van der Waals surface area contributed by atoms with Crippen molar-refractivity contribution in [3.8, 4) is 0 Å². The highest BCUT2D eigenvalue weighted by Gasteiger charge is 2.43. The van der Waals surface area contributed by atoms with Crippen LogP contribution in [0.25, 0.3) is 0 Å². The van der Waals surface area contributed by atoms with Crippen molar-refractivity contribution in [3.05, 3.63) is 59.9 Å². The molecule has 3 rings (SSSR count). The van der Waals surface area contributed by atoms with Crippen LogP contribution >= 0.6 is 0 Å². The van der Waals surface area contributed by atoms with E-state index in [-0.39, 0.29) is 30.6 Å². The van der Waals surface area contributed by atoms with Gasteiger partial charge in [-0.15, -0.1) is 0 Å². The van der Waals surface area contributed by atoms with Crippen LogP contribution in [0, 0.1) is 0 Å². The Balaban J connectivity index is 1.83. The van der Waals surface area contributed by atoms with Crippen molar-refractivity contribution in [3.63, 3.8) is 0 Å². The molecule has 0 radical (unpaired) electrons. The Morgan fingerprint density at radius 3 is 2.52 bits per heavy atom. The summed E-state index contributed by atoms with van der Waals surface area (Å²) in [4.78, 5) is 43.2. The molecule has 8 heteroatoms. The number of carbonyl (C=O) groups excluding carboxylic acids is 3. The minimum Gasteiger partial charge on any atom is -0.367 e. The molecule has 2 heterocycles. The second kappa shape index (κ2) is 10.3. The van der Waals surface area contributed by atoms with Crippen LogP contribution in [-0.2, 0) is 19.7 Å². The third-order valence-corrected chi connectivity index (χ3v) is 6.06. The average molecular weight is 455 g/mol. The van der Waals surface area contributed by atoms with Crippen LogP contribution in [-0.4, -0.2) is 66.5 Å². The fourth-order valence-corrected chi connectivity index (χ4v) is 4.09. The maximum absolute atomic E-state index is 13.5. The Bertz CT molecular complexity index is 956. The number of hydrogen-bond acceptors (Lipinski definition) is 5. The van der Waals surface area contributed by atoms with Crippen LogP contribution in [0.5, 0.6) is 0 Å². The molecule has 0 bridgehead atoms. The Hall–Kier alpha value is -2.97. The highest BCUT2D eigenvalue weighted by molar-refractivity contribution is 5.97. The molecule has 1 aliphatic heterocycles. The van der Waals surface area contributed by atoms with Gasteiger partial charge in [0.15, 0.2) is 5.78 Å². The van der Waals surface area contributed by atoms with E-state index in [1.807, 2.05) is 63.2 Å². The highest BCUT2D eigenvalue weighted by atomic mass is 16.5. The van der Waals surface area contributed by atoms with Crippen molar-refractivity contribution in [2.24, 2.45) is 0 Å². The van der Waals surface area contributed by atoms with E-state index in [9.17, 15) is 14.4 Å². The molecule has 33 heavy (non-hydrogen) atoms. The second-order valence-electron chi connectivity index (χ2n) is 9.62. The Morgan fingerprint density at radius 1 is 1.21 bits per heavy atom. The van der Waals surface area contributed by atoms with Gasteiger partial charge in [-0.05, 0) is 37.6 Å². The number of benzene rings is 1. The van der Waals surface area contributed by atoms with Gasteiger partial charge in [0.1, 0.15) is 18.4 Å². The fraction of sp³-hybridized carbons (Fsp3) is 0.480. The van der Waals surface area contributed by atoms with Crippen LogP contribution in [0.3, 0.4) is 0 Å². The molecule has 1 aliphatic rings. The van der Waals surface area contributed by atoms with E-state index in [1.54, 1.807) is 18.5 Å². The van der Waals surface area contributed by atoms with Gasteiger partial charge in [-0.3, -0.25) is 14.4 Å². The zero-order valence-corrected chi connectivity index (χ0v) is 19.8. The van der Waals surface area contributed by atoms with E-state index in [0.29, 0.717) is 24.9 Å². The van der Waals surface area contributed by atoms with Gasteiger partial charge in [0.25, 0.3) is 5.91 Å². The fourth-order valence-electron chi connectivity index (χ4n) is 4.09. The van der Waals surface area contributed by atoms with Crippen LogP contribution in [0.15, 0.2) is 48.8 Å². The van der Waals surface area contributed by atoms with Gasteiger partial charge in [-0.1, -0.05) is 44.2 Å². The zero-order chi connectivity index (χ0) is 24.1. The summed E-state index contributed by atoms with van der Waals surface area (Å²) in [6.07, 6.45) is 4.21. The predicted molar refractivity (Wildman–Crippen MR) is 126 cm³/mol. The number of rotatable bonds is 10. The molecule has 3 N–H and O–H groups in total. The Kier molecular flexibility index (Phi) is 7.71. The molecular weight excluding hydrogens is 420 g/mol. The van der Waals surface area contributed by atoms with Crippen molar-refractivity contribution in [2.75, 3.05) is 27.2 Å². The van der Waals surface area contributed by atoms with Crippen molar-refractivity contribution < 1.29 is 19.1 Å². The maximum Gasteiger partial charge on any atom is 0.253 e. The van der Waals surface area contributed by atoms with E-state index in [1.165, 1.54) is 0 Å². The summed E-state index contributed by atoms with van der Waals surface area (Å²) in [5, 5.41) is 5.86. The van der Waals surface area contributed by atoms with E-state index in [4.69, 9.17) is 4.74 Å². The quantitative estimate of drug-likeness (QED) is 0.511. The lowest BCUT2D eigenvalue weighted by Crippen LogP contribution is -2.57. The van der Waals surface area contributed by atoms with Gasteiger partial charge in [0.05, 0.1) is 12.0 Å². The van der Waals surface area contributed by atoms with E-state index in [2.05, 4.69) is 15.6 Å². The summed E-state index contributed by atoms with van der Waals surface area (Å²) >= 11 is 0. The summed E-state index contributed by atoms with van der Waals surface area (Å²) in [7, 11) is 3.85. The summed E-state index contributed by atoms with van der Waals surface area (Å²) < 4.78 is 5.79. The Morgan fingerprint density at radius 2 is 1.94 bits per heavy atom. The number of ether oxygens (including phenoxy) is 1. The third kappa shape index (κ3) is 6.52. The predicted octanol–water partition coefficient (Wildman–Crippen LogP) is 2.23. The van der Waals surface area contributed by atoms with Gasteiger partial charge in [0.2, 0.25) is 5.91 Å². The van der Waals surface area contributed by atoms with Crippen molar-refractivity contribution in [1.82, 2.24) is 20.5 Å². The first kappa shape index (κ1) is 24.7. The number of carbonyl (C=O) groups is 3. The SMILES string of the molecule is CN(C)CCC1(NC(=O)[C@H](CC(C)(C)c2ccccc2)NC(=O)c2cc[nH]c2)CC(=O)CO1. The number of ketones is 1. The monoisotopic (exact) mass is 454 g/mol. The van der Waals surface area contributed by atoms with E-state index in [0.717, 1.165) is 5.56 Å². The minimum atomic E-state index is -1.06. The molecule has 1 aromatic heterocycles. The van der Waals surface area contributed by atoms with Crippen molar-refractivity contribution in [1.29, 1.82) is 0 Å². The van der Waals surface area contributed by atoms with E-state index >= 15 is 0 Å². The number of amides is 2. The molecule has 1 unspecified atom stereocenters. The molecule has 8 nitrogen and oxygen atoms in total. The van der Waals surface area contributed by atoms with E-state index < -0.39 is 17.2 Å². The molecule has 2 atom stereocenters. The van der Waals surface area contributed by atoms with Crippen LogP contribution in [0.4, 0.5) is 0 Å². The Labute approximate surface area is 195 Å². The van der Waals surface area contributed by atoms with Crippen LogP contribution in [0.2, 0.25) is 0 Å². The third-order valence-electron chi connectivity index (χ3n) is 6.06. The number of nitrogens with one attached hydrogen (secondary N) is 3. The lowest BCUT2D eigenvalue weighted by Gasteiger charge is -2.34. The summed E-state index contributed by atoms with van der Waals surface area (Å²) in [5.41, 5.74) is 0.0535. The lowest BCUT2D eigenvalue weighted by atomic mass is 9.78. The first-order valence-electron chi connectivity index (χ1n) is 11.2. The van der Waals surface area contributed by atoms with Gasteiger partial charge in [-0.25, -0.2) is 0 Å². The summed E-state index contributed by atoms with van der Waals surface area (Å²) in [5.74, 6) is -0.756. The minimum absolute atomic E-state index is 0.0242. The van der Waals surface area contributed by atoms with Gasteiger partial charge in [0, 0.05) is 25.4 Å². The second-order valence-corrected chi connectivity index (χ2v) is 9.62.